The molecular weight excluding hydrogens is 398 g/mol. The molecule has 1 saturated carbocycles. The first-order valence-corrected chi connectivity index (χ1v) is 13.1. The van der Waals surface area contributed by atoms with Gasteiger partial charge >= 0.3 is 0 Å². The van der Waals surface area contributed by atoms with Gasteiger partial charge in [0.25, 0.3) is 0 Å². The lowest BCUT2D eigenvalue weighted by atomic mass is 9.63. The highest BCUT2D eigenvalue weighted by molar-refractivity contribution is 5.34. The lowest BCUT2D eigenvalue weighted by Crippen LogP contribution is -2.45. The molecule has 0 spiro atoms. The molecule has 184 valence electrons. The molecule has 33 heavy (non-hydrogen) atoms. The monoisotopic (exact) mass is 449 g/mol. The number of rotatable bonds is 10. The normalized spacial score (nSPS) is 19.5. The minimum absolute atomic E-state index is 0.443. The number of hydrogen-bond donors (Lipinski definition) is 0. The third-order valence-corrected chi connectivity index (χ3v) is 7.77. The molecule has 1 aromatic rings. The molecule has 0 heterocycles. The SMILES string of the molecule is C=C/C(C)=C/C(C)=C(\CC)CCc1ccc(C)c(CCN(C)C2CC(C)(C)CC(C)(C)C2)c1. The van der Waals surface area contributed by atoms with Crippen molar-refractivity contribution >= 4 is 0 Å². The number of benzene rings is 1. The molecule has 0 amide bonds. The van der Waals surface area contributed by atoms with Gasteiger partial charge in [-0.3, -0.25) is 0 Å². The van der Waals surface area contributed by atoms with E-state index in [4.69, 9.17) is 0 Å². The van der Waals surface area contributed by atoms with Crippen molar-refractivity contribution in [1.29, 1.82) is 0 Å². The topological polar surface area (TPSA) is 3.24 Å². The number of nitrogens with zero attached hydrogens (tertiary/aromatic N) is 1. The van der Waals surface area contributed by atoms with E-state index in [1.54, 1.807) is 5.57 Å². The van der Waals surface area contributed by atoms with Crippen LogP contribution >= 0.6 is 0 Å². The molecule has 0 aromatic heterocycles. The third kappa shape index (κ3) is 8.60. The molecule has 1 aromatic carbocycles. The Balaban J connectivity index is 2.04. The van der Waals surface area contributed by atoms with Gasteiger partial charge in [-0.2, -0.15) is 0 Å². The van der Waals surface area contributed by atoms with Crippen LogP contribution in [0.15, 0.2) is 53.6 Å². The Bertz CT molecular complexity index is 848. The van der Waals surface area contributed by atoms with Gasteiger partial charge in [0.1, 0.15) is 0 Å². The van der Waals surface area contributed by atoms with Crippen LogP contribution in [0.3, 0.4) is 0 Å². The second-order valence-electron chi connectivity index (χ2n) is 12.3. The highest BCUT2D eigenvalue weighted by Gasteiger charge is 2.39. The molecule has 1 fully saturated rings. The Morgan fingerprint density at radius 3 is 2.30 bits per heavy atom. The molecule has 0 unspecified atom stereocenters. The average molecular weight is 450 g/mol. The first-order valence-electron chi connectivity index (χ1n) is 13.1. The second kappa shape index (κ2) is 11.7. The number of likely N-dealkylation sites (N-methyl/N-ethyl adjacent to an activating group) is 1. The molecule has 1 heteroatoms. The zero-order chi connectivity index (χ0) is 24.8. The predicted molar refractivity (Wildman–Crippen MR) is 148 cm³/mol. The highest BCUT2D eigenvalue weighted by Crippen LogP contribution is 2.46. The molecular formula is C32H51N. The van der Waals surface area contributed by atoms with Gasteiger partial charge in [0.15, 0.2) is 0 Å². The minimum Gasteiger partial charge on any atom is -0.303 e. The van der Waals surface area contributed by atoms with E-state index in [9.17, 15) is 0 Å². The fourth-order valence-electron chi connectivity index (χ4n) is 6.18. The van der Waals surface area contributed by atoms with Crippen LogP contribution in [0.5, 0.6) is 0 Å². The Morgan fingerprint density at radius 2 is 1.73 bits per heavy atom. The van der Waals surface area contributed by atoms with Gasteiger partial charge in [0.05, 0.1) is 0 Å². The van der Waals surface area contributed by atoms with E-state index in [0.717, 1.165) is 32.2 Å². The second-order valence-corrected chi connectivity index (χ2v) is 12.3. The van der Waals surface area contributed by atoms with Crippen molar-refractivity contribution < 1.29 is 0 Å². The van der Waals surface area contributed by atoms with Crippen molar-refractivity contribution in [2.24, 2.45) is 10.8 Å². The van der Waals surface area contributed by atoms with Gasteiger partial charge in [-0.05, 0) is 100 Å². The Labute approximate surface area is 206 Å². The van der Waals surface area contributed by atoms with Crippen LogP contribution in [0.25, 0.3) is 0 Å². The molecule has 0 aliphatic heterocycles. The maximum atomic E-state index is 3.89. The van der Waals surface area contributed by atoms with Crippen molar-refractivity contribution in [3.63, 3.8) is 0 Å². The molecule has 0 saturated heterocycles. The maximum Gasteiger partial charge on any atom is 0.0102 e. The van der Waals surface area contributed by atoms with Gasteiger partial charge in [-0.15, -0.1) is 0 Å². The summed E-state index contributed by atoms with van der Waals surface area (Å²) in [5, 5.41) is 0. The van der Waals surface area contributed by atoms with Crippen LogP contribution in [0, 0.1) is 17.8 Å². The van der Waals surface area contributed by atoms with Crippen molar-refractivity contribution in [2.75, 3.05) is 13.6 Å². The summed E-state index contributed by atoms with van der Waals surface area (Å²) in [6.07, 6.45) is 12.7. The summed E-state index contributed by atoms with van der Waals surface area (Å²) in [5.41, 5.74) is 9.52. The average Bonchev–Trinajstić information content (AvgIpc) is 2.71. The molecule has 0 N–H and O–H groups in total. The van der Waals surface area contributed by atoms with Gasteiger partial charge < -0.3 is 4.90 Å². The molecule has 0 atom stereocenters. The zero-order valence-electron chi connectivity index (χ0n) is 23.3. The van der Waals surface area contributed by atoms with E-state index >= 15 is 0 Å². The standard InChI is InChI=1S/C32H51N/c1-11-24(3)19-26(5)28(12-2)16-15-27-14-13-25(4)29(20-27)17-18-33(10)30-21-31(6,7)23-32(8,9)22-30/h11,13-14,19-20,30H,1,12,15-18,21-23H2,2-10H3/b24-19+,28-26+. The summed E-state index contributed by atoms with van der Waals surface area (Å²) in [7, 11) is 2.35. The molecule has 1 aliphatic carbocycles. The van der Waals surface area contributed by atoms with E-state index in [2.05, 4.69) is 98.2 Å². The van der Waals surface area contributed by atoms with Crippen LogP contribution in [0.2, 0.25) is 0 Å². The van der Waals surface area contributed by atoms with E-state index in [1.807, 2.05) is 6.08 Å². The largest absolute Gasteiger partial charge is 0.303 e. The number of hydrogen-bond acceptors (Lipinski definition) is 1. The van der Waals surface area contributed by atoms with Crippen molar-refractivity contribution in [3.8, 4) is 0 Å². The van der Waals surface area contributed by atoms with Gasteiger partial charge in [-0.1, -0.05) is 88.3 Å². The fraction of sp³-hybridized carbons (Fsp3) is 0.625. The van der Waals surface area contributed by atoms with Crippen LogP contribution in [-0.2, 0) is 12.8 Å². The van der Waals surface area contributed by atoms with Gasteiger partial charge in [0, 0.05) is 12.6 Å². The lowest BCUT2D eigenvalue weighted by molar-refractivity contribution is 0.0359. The number of aryl methyl sites for hydroxylation is 2. The van der Waals surface area contributed by atoms with Gasteiger partial charge in [-0.25, -0.2) is 0 Å². The summed E-state index contributed by atoms with van der Waals surface area (Å²) in [6, 6.07) is 7.84. The fourth-order valence-corrected chi connectivity index (χ4v) is 6.18. The smallest absolute Gasteiger partial charge is 0.0102 e. The summed E-state index contributed by atoms with van der Waals surface area (Å²) < 4.78 is 0. The minimum atomic E-state index is 0.443. The van der Waals surface area contributed by atoms with Crippen molar-refractivity contribution in [3.05, 3.63) is 70.3 Å². The molecule has 2 rings (SSSR count). The van der Waals surface area contributed by atoms with E-state index < -0.39 is 0 Å². The van der Waals surface area contributed by atoms with Crippen LogP contribution < -0.4 is 0 Å². The van der Waals surface area contributed by atoms with Gasteiger partial charge in [0.2, 0.25) is 0 Å². The Kier molecular flexibility index (Phi) is 9.80. The van der Waals surface area contributed by atoms with Crippen LogP contribution in [0.4, 0.5) is 0 Å². The maximum absolute atomic E-state index is 3.89. The Hall–Kier alpha value is -1.60. The summed E-state index contributed by atoms with van der Waals surface area (Å²) >= 11 is 0. The van der Waals surface area contributed by atoms with E-state index in [1.165, 1.54) is 47.1 Å². The predicted octanol–water partition coefficient (Wildman–Crippen LogP) is 8.87. The summed E-state index contributed by atoms with van der Waals surface area (Å²) in [4.78, 5) is 2.64. The third-order valence-electron chi connectivity index (χ3n) is 7.77. The highest BCUT2D eigenvalue weighted by atomic mass is 15.1. The summed E-state index contributed by atoms with van der Waals surface area (Å²) in [6.45, 7) is 23.8. The van der Waals surface area contributed by atoms with Crippen LogP contribution in [0.1, 0.15) is 97.3 Å². The molecule has 1 aliphatic rings. The first-order chi connectivity index (χ1) is 15.4. The molecule has 1 nitrogen and oxygen atoms in total. The quantitative estimate of drug-likeness (QED) is 0.322. The Morgan fingerprint density at radius 1 is 1.09 bits per heavy atom. The molecule has 0 radical (unpaired) electrons. The number of allylic oxidation sites excluding steroid dienone is 5. The van der Waals surface area contributed by atoms with E-state index in [0.29, 0.717) is 16.9 Å². The van der Waals surface area contributed by atoms with Crippen LogP contribution in [-0.4, -0.2) is 24.5 Å². The zero-order valence-corrected chi connectivity index (χ0v) is 23.3. The van der Waals surface area contributed by atoms with Crippen molar-refractivity contribution in [1.82, 2.24) is 4.90 Å². The first kappa shape index (κ1) is 27.6. The van der Waals surface area contributed by atoms with E-state index in [-0.39, 0.29) is 0 Å². The summed E-state index contributed by atoms with van der Waals surface area (Å²) in [5.74, 6) is 0. The molecule has 0 bridgehead atoms. The lowest BCUT2D eigenvalue weighted by Gasteiger charge is -2.47. The van der Waals surface area contributed by atoms with Crippen molar-refractivity contribution in [2.45, 2.75) is 106 Å².